The van der Waals surface area contributed by atoms with Gasteiger partial charge in [0.15, 0.2) is 11.5 Å². The Morgan fingerprint density at radius 1 is 1.10 bits per heavy atom. The smallest absolute Gasteiger partial charge is 0.404 e. The Kier molecular flexibility index (Phi) is 7.98. The highest BCUT2D eigenvalue weighted by Crippen LogP contribution is 2.41. The number of alkyl halides is 4. The number of fused-ring (bicyclic) bond motifs is 1. The van der Waals surface area contributed by atoms with Gasteiger partial charge in [-0.15, -0.1) is 11.3 Å². The van der Waals surface area contributed by atoms with E-state index in [2.05, 4.69) is 30.6 Å². The number of sulfonamides is 1. The normalized spacial score (nSPS) is 17.9. The molecule has 41 heavy (non-hydrogen) atoms. The molecule has 2 atom stereocenters. The van der Waals surface area contributed by atoms with Gasteiger partial charge >= 0.3 is 6.18 Å². The molecule has 0 saturated carbocycles. The summed E-state index contributed by atoms with van der Waals surface area (Å²) in [7, 11) is -4.76. The third-order valence-electron chi connectivity index (χ3n) is 6.06. The first-order valence-corrected chi connectivity index (χ1v) is 14.9. The van der Waals surface area contributed by atoms with E-state index in [9.17, 15) is 26.0 Å². The lowest BCUT2D eigenvalue weighted by molar-refractivity contribution is -0.106. The molecule has 3 aromatic heterocycles. The number of anilines is 2. The number of pyridine rings is 1. The molecule has 4 heterocycles. The summed E-state index contributed by atoms with van der Waals surface area (Å²) in [4.78, 5) is 18.1. The number of nitrogens with zero attached hydrogens (tertiary/aromatic N) is 4. The SMILES string of the molecule is Cc1nc(Oc2c(C)nc(NS(=O)(=O)CC(F)(F)F)c3ccccc23)c(-c2ccnc(N[C@@H]3CNC[C@@H](F)C3)n2)s1. The number of thiazole rings is 1. The molecule has 1 saturated heterocycles. The Hall–Kier alpha value is -3.63. The molecule has 1 aliphatic rings. The van der Waals surface area contributed by atoms with E-state index in [-0.39, 0.29) is 34.6 Å². The zero-order valence-corrected chi connectivity index (χ0v) is 23.4. The van der Waals surface area contributed by atoms with E-state index < -0.39 is 28.1 Å². The van der Waals surface area contributed by atoms with Crippen LogP contribution in [0.1, 0.15) is 17.1 Å². The molecule has 0 amide bonds. The van der Waals surface area contributed by atoms with E-state index in [0.29, 0.717) is 46.4 Å². The van der Waals surface area contributed by atoms with Gasteiger partial charge in [0.05, 0.1) is 16.4 Å². The zero-order valence-electron chi connectivity index (χ0n) is 21.8. The number of hydrogen-bond donors (Lipinski definition) is 3. The van der Waals surface area contributed by atoms with Gasteiger partial charge in [-0.05, 0) is 19.9 Å². The fraction of sp³-hybridized carbons (Fsp3) is 0.360. The third-order valence-corrected chi connectivity index (χ3v) is 8.25. The van der Waals surface area contributed by atoms with Crippen LogP contribution in [-0.4, -0.2) is 65.6 Å². The minimum Gasteiger partial charge on any atom is -0.435 e. The van der Waals surface area contributed by atoms with Gasteiger partial charge in [-0.2, -0.15) is 13.2 Å². The Bertz CT molecular complexity index is 1680. The van der Waals surface area contributed by atoms with E-state index in [1.165, 1.54) is 17.4 Å². The van der Waals surface area contributed by atoms with Gasteiger partial charge in [-0.25, -0.2) is 32.7 Å². The van der Waals surface area contributed by atoms with Crippen LogP contribution in [-0.2, 0) is 10.0 Å². The van der Waals surface area contributed by atoms with Crippen molar-refractivity contribution in [3.8, 4) is 22.2 Å². The molecule has 0 bridgehead atoms. The number of halogens is 4. The van der Waals surface area contributed by atoms with Crippen LogP contribution in [0.2, 0.25) is 0 Å². The van der Waals surface area contributed by atoms with Gasteiger partial charge in [0.2, 0.25) is 21.9 Å². The number of aromatic nitrogens is 4. The van der Waals surface area contributed by atoms with Crippen LogP contribution >= 0.6 is 11.3 Å². The van der Waals surface area contributed by atoms with Crippen LogP contribution < -0.4 is 20.1 Å². The van der Waals surface area contributed by atoms with E-state index in [1.54, 1.807) is 44.3 Å². The number of nitrogens with one attached hydrogen (secondary N) is 3. The van der Waals surface area contributed by atoms with E-state index >= 15 is 0 Å². The predicted octanol–water partition coefficient (Wildman–Crippen LogP) is 4.97. The third kappa shape index (κ3) is 7.00. The van der Waals surface area contributed by atoms with Crippen molar-refractivity contribution in [2.45, 2.75) is 38.7 Å². The number of piperidine rings is 1. The van der Waals surface area contributed by atoms with E-state index in [4.69, 9.17) is 4.74 Å². The van der Waals surface area contributed by atoms with Gasteiger partial charge in [0.1, 0.15) is 16.9 Å². The number of benzene rings is 1. The van der Waals surface area contributed by atoms with Crippen LogP contribution in [0.15, 0.2) is 36.5 Å². The maximum Gasteiger partial charge on any atom is 0.404 e. The molecule has 0 spiro atoms. The summed E-state index contributed by atoms with van der Waals surface area (Å²) in [5.41, 5.74) is 0.732. The Morgan fingerprint density at radius 3 is 2.59 bits per heavy atom. The first kappa shape index (κ1) is 28.9. The summed E-state index contributed by atoms with van der Waals surface area (Å²) >= 11 is 1.32. The minimum atomic E-state index is -4.92. The molecule has 5 rings (SSSR count). The molecule has 4 aromatic rings. The Morgan fingerprint density at radius 2 is 1.85 bits per heavy atom. The molecule has 0 aliphatic carbocycles. The summed E-state index contributed by atoms with van der Waals surface area (Å²) < 4.78 is 84.7. The lowest BCUT2D eigenvalue weighted by Gasteiger charge is -2.26. The van der Waals surface area contributed by atoms with Gasteiger partial charge < -0.3 is 15.4 Å². The van der Waals surface area contributed by atoms with Gasteiger partial charge in [-0.1, -0.05) is 24.3 Å². The second kappa shape index (κ2) is 11.3. The molecule has 0 unspecified atom stereocenters. The van der Waals surface area contributed by atoms with Crippen LogP contribution in [0.25, 0.3) is 21.3 Å². The lowest BCUT2D eigenvalue weighted by Crippen LogP contribution is -2.44. The Labute approximate surface area is 236 Å². The van der Waals surface area contributed by atoms with Gasteiger partial charge in [0.25, 0.3) is 0 Å². The average molecular weight is 612 g/mol. The molecular weight excluding hydrogens is 586 g/mol. The van der Waals surface area contributed by atoms with E-state index in [1.807, 2.05) is 4.72 Å². The predicted molar refractivity (Wildman–Crippen MR) is 148 cm³/mol. The summed E-state index contributed by atoms with van der Waals surface area (Å²) in [6.45, 7) is 4.22. The van der Waals surface area contributed by atoms with Gasteiger partial charge in [-0.3, -0.25) is 4.72 Å². The summed E-state index contributed by atoms with van der Waals surface area (Å²) in [5, 5.41) is 7.50. The molecule has 1 aromatic carbocycles. The molecule has 10 nitrogen and oxygen atoms in total. The minimum absolute atomic E-state index is 0.180. The first-order chi connectivity index (χ1) is 19.4. The highest BCUT2D eigenvalue weighted by atomic mass is 32.2. The number of aryl methyl sites for hydroxylation is 2. The number of hydrogen-bond acceptors (Lipinski definition) is 10. The summed E-state index contributed by atoms with van der Waals surface area (Å²) in [6.07, 6.45) is -3.99. The van der Waals surface area contributed by atoms with Crippen LogP contribution in [0.4, 0.5) is 29.3 Å². The molecule has 1 fully saturated rings. The van der Waals surface area contributed by atoms with Gasteiger partial charge in [0, 0.05) is 42.5 Å². The quantitative estimate of drug-likeness (QED) is 0.236. The second-order valence-electron chi connectivity index (χ2n) is 9.46. The first-order valence-electron chi connectivity index (χ1n) is 12.4. The summed E-state index contributed by atoms with van der Waals surface area (Å²) in [5.74, 6) is -1.51. The molecule has 218 valence electrons. The standard InChI is InChI=1S/C25H25F4N7O3S2/c1-13-20(17-5-3-4-6-18(17)22(32-13)36-41(37,38)12-25(27,28)29)39-23-21(40-14(2)33-23)19-7-8-31-24(35-19)34-16-9-15(26)10-30-11-16/h3-8,15-16,30H,9-12H2,1-2H3,(H,32,36)(H,31,34,35)/t15-,16-/m0/s1. The lowest BCUT2D eigenvalue weighted by atomic mass is 10.1. The largest absolute Gasteiger partial charge is 0.435 e. The van der Waals surface area contributed by atoms with Crippen molar-refractivity contribution < 1.29 is 30.7 Å². The van der Waals surface area contributed by atoms with Crippen LogP contribution in [0, 0.1) is 13.8 Å². The molecule has 16 heteroatoms. The van der Waals surface area contributed by atoms with Crippen LogP contribution in [0.5, 0.6) is 11.6 Å². The monoisotopic (exact) mass is 611 g/mol. The van der Waals surface area contributed by atoms with E-state index in [0.717, 1.165) is 0 Å². The van der Waals surface area contributed by atoms with Crippen LogP contribution in [0.3, 0.4) is 0 Å². The summed E-state index contributed by atoms with van der Waals surface area (Å²) in [6, 6.07) is 7.95. The second-order valence-corrected chi connectivity index (χ2v) is 12.4. The molecular formula is C25H25F4N7O3S2. The fourth-order valence-electron chi connectivity index (χ4n) is 4.44. The van der Waals surface area contributed by atoms with Crippen molar-refractivity contribution >= 4 is 43.9 Å². The molecule has 1 aliphatic heterocycles. The van der Waals surface area contributed by atoms with Crippen molar-refractivity contribution in [2.75, 3.05) is 28.9 Å². The topological polar surface area (TPSA) is 131 Å². The van der Waals surface area contributed by atoms with Crippen molar-refractivity contribution in [2.24, 2.45) is 0 Å². The van der Waals surface area contributed by atoms with Crippen molar-refractivity contribution in [1.29, 1.82) is 0 Å². The van der Waals surface area contributed by atoms with Crippen molar-refractivity contribution in [3.05, 3.63) is 47.2 Å². The van der Waals surface area contributed by atoms with Crippen molar-refractivity contribution in [3.63, 3.8) is 0 Å². The fourth-order valence-corrected chi connectivity index (χ4v) is 6.21. The molecule has 3 N–H and O–H groups in total. The maximum absolute atomic E-state index is 13.8. The maximum atomic E-state index is 13.8. The highest BCUT2D eigenvalue weighted by Gasteiger charge is 2.36. The van der Waals surface area contributed by atoms with Crippen molar-refractivity contribution in [1.82, 2.24) is 25.3 Å². The zero-order chi connectivity index (χ0) is 29.4. The average Bonchev–Trinajstić information content (AvgIpc) is 3.25. The highest BCUT2D eigenvalue weighted by molar-refractivity contribution is 7.92. The Balaban J connectivity index is 1.47. The molecule has 0 radical (unpaired) electrons. The number of rotatable bonds is 8. The number of ether oxygens (including phenoxy) is 1.